The number of allylic oxidation sites excluding steroid dienone is 1. The Morgan fingerprint density at radius 3 is 2.88 bits per heavy atom. The number of piperidine rings is 2. The van der Waals surface area contributed by atoms with Crippen molar-refractivity contribution in [1.82, 2.24) is 4.90 Å². The van der Waals surface area contributed by atoms with Crippen molar-refractivity contribution in [3.05, 3.63) is 12.3 Å². The predicted octanol–water partition coefficient (Wildman–Crippen LogP) is 3.28. The van der Waals surface area contributed by atoms with E-state index in [1.807, 2.05) is 0 Å². The number of carbonyl (C=O) groups is 1. The molecule has 3 atom stereocenters. The molecular weight excluding hydrogens is 210 g/mol. The van der Waals surface area contributed by atoms with Crippen LogP contribution in [0.5, 0.6) is 0 Å². The number of rotatable bonds is 1. The summed E-state index contributed by atoms with van der Waals surface area (Å²) in [4.78, 5) is 14.5. The highest BCUT2D eigenvalue weighted by Gasteiger charge is 2.56. The molecule has 0 N–H and O–H groups in total. The van der Waals surface area contributed by atoms with E-state index in [1.54, 1.807) is 6.92 Å². The molecule has 1 unspecified atom stereocenters. The van der Waals surface area contributed by atoms with Crippen molar-refractivity contribution in [2.45, 2.75) is 69.9 Å². The fourth-order valence-electron chi connectivity index (χ4n) is 4.74. The van der Waals surface area contributed by atoms with Gasteiger partial charge in [-0.25, -0.2) is 0 Å². The fourth-order valence-corrected chi connectivity index (χ4v) is 4.74. The van der Waals surface area contributed by atoms with Gasteiger partial charge in [-0.1, -0.05) is 6.08 Å². The van der Waals surface area contributed by atoms with Crippen molar-refractivity contribution >= 4 is 5.78 Å². The van der Waals surface area contributed by atoms with Gasteiger partial charge >= 0.3 is 0 Å². The maximum absolute atomic E-state index is 11.9. The van der Waals surface area contributed by atoms with Crippen LogP contribution < -0.4 is 0 Å². The predicted molar refractivity (Wildman–Crippen MR) is 68.6 cm³/mol. The Hall–Kier alpha value is -0.790. The van der Waals surface area contributed by atoms with E-state index in [4.69, 9.17) is 0 Å². The van der Waals surface area contributed by atoms with E-state index in [9.17, 15) is 4.79 Å². The van der Waals surface area contributed by atoms with Gasteiger partial charge in [-0.2, -0.15) is 0 Å². The average Bonchev–Trinajstić information content (AvgIpc) is 2.28. The van der Waals surface area contributed by atoms with E-state index in [2.05, 4.69) is 24.1 Å². The van der Waals surface area contributed by atoms with Gasteiger partial charge in [0.1, 0.15) is 5.78 Å². The van der Waals surface area contributed by atoms with Crippen LogP contribution in [0.3, 0.4) is 0 Å². The van der Waals surface area contributed by atoms with Crippen LogP contribution in [-0.4, -0.2) is 21.8 Å². The minimum atomic E-state index is 0.0965. The van der Waals surface area contributed by atoms with Crippen molar-refractivity contribution in [2.75, 3.05) is 0 Å². The molecule has 0 spiro atoms. The lowest BCUT2D eigenvalue weighted by atomic mass is 9.60. The highest BCUT2D eigenvalue weighted by Crippen LogP contribution is 2.54. The molecular formula is C15H23NO. The first-order valence-corrected chi connectivity index (χ1v) is 7.05. The second-order valence-electron chi connectivity index (χ2n) is 6.43. The monoisotopic (exact) mass is 233 g/mol. The topological polar surface area (TPSA) is 20.3 Å². The highest BCUT2D eigenvalue weighted by molar-refractivity contribution is 5.80. The third-order valence-corrected chi connectivity index (χ3v) is 5.56. The number of ketones is 1. The summed E-state index contributed by atoms with van der Waals surface area (Å²) in [5.41, 5.74) is 0.493. The molecule has 0 amide bonds. The first kappa shape index (κ1) is 11.3. The lowest BCUT2D eigenvalue weighted by Gasteiger charge is -2.64. The molecule has 0 aromatic carbocycles. The highest BCUT2D eigenvalue weighted by atomic mass is 16.1. The Kier molecular flexibility index (Phi) is 2.39. The van der Waals surface area contributed by atoms with Crippen molar-refractivity contribution in [1.29, 1.82) is 0 Å². The van der Waals surface area contributed by atoms with Gasteiger partial charge in [0, 0.05) is 17.0 Å². The van der Waals surface area contributed by atoms with Crippen LogP contribution in [0, 0.1) is 5.92 Å². The number of Topliss-reactive ketones (excluding diaryl/α,β-unsaturated/α-hetero) is 1. The second-order valence-corrected chi connectivity index (χ2v) is 6.43. The first-order chi connectivity index (χ1) is 8.08. The van der Waals surface area contributed by atoms with Gasteiger partial charge in [-0.3, -0.25) is 4.79 Å². The minimum Gasteiger partial charge on any atom is -0.366 e. The second kappa shape index (κ2) is 3.60. The molecule has 0 saturated carbocycles. The Morgan fingerprint density at radius 2 is 2.12 bits per heavy atom. The average molecular weight is 233 g/mol. The Morgan fingerprint density at radius 1 is 1.29 bits per heavy atom. The SMILES string of the molecule is CC(=O)[C@H]1CCC23CCC=CN2[C@]1(C)CCC3. The van der Waals surface area contributed by atoms with E-state index in [-0.39, 0.29) is 11.5 Å². The molecule has 3 heterocycles. The van der Waals surface area contributed by atoms with Crippen molar-refractivity contribution < 1.29 is 4.79 Å². The summed E-state index contributed by atoms with van der Waals surface area (Å²) in [5, 5.41) is 0. The van der Waals surface area contributed by atoms with Crippen LogP contribution >= 0.6 is 0 Å². The summed E-state index contributed by atoms with van der Waals surface area (Å²) >= 11 is 0. The molecule has 2 saturated heterocycles. The van der Waals surface area contributed by atoms with E-state index >= 15 is 0 Å². The molecule has 3 rings (SSSR count). The van der Waals surface area contributed by atoms with Gasteiger partial charge in [0.15, 0.2) is 0 Å². The summed E-state index contributed by atoms with van der Waals surface area (Å²) in [6, 6.07) is 0. The van der Waals surface area contributed by atoms with Gasteiger partial charge in [0.25, 0.3) is 0 Å². The lowest BCUT2D eigenvalue weighted by Crippen LogP contribution is -2.67. The van der Waals surface area contributed by atoms with Crippen molar-refractivity contribution in [3.63, 3.8) is 0 Å². The molecule has 0 aromatic heterocycles. The van der Waals surface area contributed by atoms with Crippen LogP contribution in [0.15, 0.2) is 12.3 Å². The maximum atomic E-state index is 11.9. The van der Waals surface area contributed by atoms with Crippen LogP contribution in [0.25, 0.3) is 0 Å². The number of hydrogen-bond donors (Lipinski definition) is 0. The van der Waals surface area contributed by atoms with E-state index in [0.717, 1.165) is 6.42 Å². The quantitative estimate of drug-likeness (QED) is 0.692. The Balaban J connectivity index is 2.04. The molecule has 17 heavy (non-hydrogen) atoms. The third-order valence-electron chi connectivity index (χ3n) is 5.56. The first-order valence-electron chi connectivity index (χ1n) is 7.05. The number of carbonyl (C=O) groups excluding carboxylic acids is 1. The summed E-state index contributed by atoms with van der Waals surface area (Å²) in [6.07, 6.45) is 13.3. The van der Waals surface area contributed by atoms with Gasteiger partial charge < -0.3 is 4.90 Å². The zero-order valence-electron chi connectivity index (χ0n) is 11.0. The summed E-state index contributed by atoms with van der Waals surface area (Å²) in [6.45, 7) is 4.10. The van der Waals surface area contributed by atoms with E-state index in [1.165, 1.54) is 38.5 Å². The van der Waals surface area contributed by atoms with Crippen LogP contribution in [-0.2, 0) is 4.79 Å². The van der Waals surface area contributed by atoms with Crippen LogP contribution in [0.1, 0.15) is 58.8 Å². The lowest BCUT2D eigenvalue weighted by molar-refractivity contribution is -0.141. The molecule has 2 nitrogen and oxygen atoms in total. The van der Waals surface area contributed by atoms with Gasteiger partial charge in [-0.05, 0) is 65.0 Å². The van der Waals surface area contributed by atoms with E-state index in [0.29, 0.717) is 11.3 Å². The smallest absolute Gasteiger partial charge is 0.135 e. The molecule has 2 heteroatoms. The van der Waals surface area contributed by atoms with Gasteiger partial charge in [0.05, 0.1) is 0 Å². The summed E-state index contributed by atoms with van der Waals surface area (Å²) in [7, 11) is 0. The van der Waals surface area contributed by atoms with E-state index < -0.39 is 0 Å². The molecule has 2 bridgehead atoms. The Labute approximate surface area is 104 Å². The zero-order chi connectivity index (χ0) is 12.1. The largest absolute Gasteiger partial charge is 0.366 e. The Bertz CT molecular complexity index is 375. The molecule has 2 fully saturated rings. The minimum absolute atomic E-state index is 0.0965. The third kappa shape index (κ3) is 1.42. The molecule has 3 aliphatic heterocycles. The van der Waals surface area contributed by atoms with Crippen molar-refractivity contribution in [2.24, 2.45) is 5.92 Å². The summed E-state index contributed by atoms with van der Waals surface area (Å²) in [5.74, 6) is 0.639. The molecule has 0 aliphatic carbocycles. The van der Waals surface area contributed by atoms with Crippen LogP contribution in [0.2, 0.25) is 0 Å². The summed E-state index contributed by atoms with van der Waals surface area (Å²) < 4.78 is 0. The van der Waals surface area contributed by atoms with Crippen LogP contribution in [0.4, 0.5) is 0 Å². The molecule has 0 aromatic rings. The van der Waals surface area contributed by atoms with Gasteiger partial charge in [0.2, 0.25) is 0 Å². The fraction of sp³-hybridized carbons (Fsp3) is 0.800. The standard InChI is InChI=1S/C15H23NO/c1-12(17)13-6-10-15-8-3-4-11-16(15)14(13,2)7-5-9-15/h4,11,13H,3,5-10H2,1-2H3/t13-,14-,15?/m1/s1. The molecule has 0 radical (unpaired) electrons. The van der Waals surface area contributed by atoms with Gasteiger partial charge in [-0.15, -0.1) is 0 Å². The number of hydrogen-bond acceptors (Lipinski definition) is 2. The zero-order valence-corrected chi connectivity index (χ0v) is 11.0. The molecule has 94 valence electrons. The maximum Gasteiger partial charge on any atom is 0.135 e. The number of nitrogens with zero attached hydrogens (tertiary/aromatic N) is 1. The molecule has 3 aliphatic rings. The normalized spacial score (nSPS) is 44.4. The van der Waals surface area contributed by atoms with Crippen molar-refractivity contribution in [3.8, 4) is 0 Å².